The summed E-state index contributed by atoms with van der Waals surface area (Å²) in [5.41, 5.74) is 7.84. The van der Waals surface area contributed by atoms with Crippen molar-refractivity contribution in [2.75, 3.05) is 0 Å². The molecule has 0 bridgehead atoms. The molecular formula is C35H41ClO3. The number of rotatable bonds is 9. The van der Waals surface area contributed by atoms with E-state index >= 15 is 0 Å². The van der Waals surface area contributed by atoms with Crippen molar-refractivity contribution in [3.05, 3.63) is 99.1 Å². The standard InChI is InChI=1S/C35H41ClO3/c1-5-35(6-2,28-12-10-26(24(3)20-28)16-19-34(39)17-8-7-9-18-34)29-13-15-31(25(4)21-29)32-23-30(36)14-11-27(32)22-33(37)38/h10-16,19-21,23,39H,5-9,17-18,22H2,1-4H3,(H,37,38). The van der Waals surface area contributed by atoms with Gasteiger partial charge in [0.2, 0.25) is 0 Å². The summed E-state index contributed by atoms with van der Waals surface area (Å²) in [6.07, 6.45) is 11.1. The van der Waals surface area contributed by atoms with Gasteiger partial charge in [-0.25, -0.2) is 0 Å². The van der Waals surface area contributed by atoms with Gasteiger partial charge in [-0.15, -0.1) is 0 Å². The molecule has 1 aliphatic rings. The summed E-state index contributed by atoms with van der Waals surface area (Å²) >= 11 is 6.32. The molecule has 39 heavy (non-hydrogen) atoms. The van der Waals surface area contributed by atoms with Gasteiger partial charge in [-0.1, -0.05) is 99.3 Å². The second-order valence-corrected chi connectivity index (χ2v) is 11.7. The molecule has 0 spiro atoms. The van der Waals surface area contributed by atoms with Gasteiger partial charge < -0.3 is 10.2 Å². The van der Waals surface area contributed by atoms with E-state index in [9.17, 15) is 15.0 Å². The molecule has 1 saturated carbocycles. The van der Waals surface area contributed by atoms with Gasteiger partial charge in [0.15, 0.2) is 0 Å². The van der Waals surface area contributed by atoms with E-state index in [1.165, 1.54) is 23.1 Å². The maximum atomic E-state index is 11.5. The average molecular weight is 545 g/mol. The van der Waals surface area contributed by atoms with Crippen LogP contribution in [0.25, 0.3) is 17.2 Å². The molecule has 4 rings (SSSR count). The molecule has 0 aromatic heterocycles. The van der Waals surface area contributed by atoms with Crippen LogP contribution in [0, 0.1) is 13.8 Å². The fourth-order valence-corrected chi connectivity index (χ4v) is 6.52. The molecule has 0 radical (unpaired) electrons. The lowest BCUT2D eigenvalue weighted by molar-refractivity contribution is -0.136. The van der Waals surface area contributed by atoms with E-state index in [-0.39, 0.29) is 11.8 Å². The molecule has 2 N–H and O–H groups in total. The summed E-state index contributed by atoms with van der Waals surface area (Å²) in [6, 6.07) is 18.8. The molecule has 3 nitrogen and oxygen atoms in total. The maximum absolute atomic E-state index is 11.5. The molecule has 3 aromatic rings. The van der Waals surface area contributed by atoms with Gasteiger partial charge in [0.1, 0.15) is 0 Å². The molecule has 0 heterocycles. The normalized spacial score (nSPS) is 15.5. The Hall–Kier alpha value is -2.88. The predicted octanol–water partition coefficient (Wildman–Crippen LogP) is 9.07. The molecular weight excluding hydrogens is 504 g/mol. The number of aryl methyl sites for hydroxylation is 2. The highest BCUT2D eigenvalue weighted by atomic mass is 35.5. The first-order valence-corrected chi connectivity index (χ1v) is 14.6. The largest absolute Gasteiger partial charge is 0.481 e. The Morgan fingerprint density at radius 3 is 2.13 bits per heavy atom. The van der Waals surface area contributed by atoms with Gasteiger partial charge in [0, 0.05) is 10.4 Å². The van der Waals surface area contributed by atoms with Crippen LogP contribution in [-0.2, 0) is 16.6 Å². The SMILES string of the molecule is CCC(CC)(c1ccc(C=CC2(O)CCCCC2)c(C)c1)c1ccc(-c2cc(Cl)ccc2CC(=O)O)c(C)c1. The zero-order chi connectivity index (χ0) is 28.2. The first kappa shape index (κ1) is 29.1. The Bertz CT molecular complexity index is 1360. The van der Waals surface area contributed by atoms with Gasteiger partial charge in [-0.2, -0.15) is 0 Å². The van der Waals surface area contributed by atoms with Gasteiger partial charge >= 0.3 is 5.97 Å². The molecule has 0 saturated heterocycles. The number of carboxylic acid groups (broad SMARTS) is 1. The lowest BCUT2D eigenvalue weighted by Crippen LogP contribution is -2.28. The van der Waals surface area contributed by atoms with Crippen LogP contribution in [-0.4, -0.2) is 21.8 Å². The summed E-state index contributed by atoms with van der Waals surface area (Å²) in [5.74, 6) is -0.856. The number of halogens is 1. The molecule has 1 aliphatic carbocycles. The van der Waals surface area contributed by atoms with Crippen LogP contribution in [0.4, 0.5) is 0 Å². The Morgan fingerprint density at radius 2 is 1.54 bits per heavy atom. The second kappa shape index (κ2) is 12.1. The van der Waals surface area contributed by atoms with Crippen molar-refractivity contribution >= 4 is 23.6 Å². The third-order valence-electron chi connectivity index (χ3n) is 8.80. The Morgan fingerprint density at radius 1 is 0.897 bits per heavy atom. The molecule has 3 aromatic carbocycles. The van der Waals surface area contributed by atoms with Crippen molar-refractivity contribution in [3.8, 4) is 11.1 Å². The van der Waals surface area contributed by atoms with Gasteiger partial charge in [-0.3, -0.25) is 4.79 Å². The summed E-state index contributed by atoms with van der Waals surface area (Å²) in [5, 5.41) is 20.9. The summed E-state index contributed by atoms with van der Waals surface area (Å²) in [7, 11) is 0. The van der Waals surface area contributed by atoms with Crippen molar-refractivity contribution in [1.82, 2.24) is 0 Å². The Kier molecular flexibility index (Phi) is 9.03. The van der Waals surface area contributed by atoms with Crippen LogP contribution in [0.15, 0.2) is 60.7 Å². The van der Waals surface area contributed by atoms with Crippen LogP contribution < -0.4 is 0 Å². The van der Waals surface area contributed by atoms with Crippen molar-refractivity contribution < 1.29 is 15.0 Å². The van der Waals surface area contributed by atoms with Crippen molar-refractivity contribution in [2.45, 2.75) is 90.1 Å². The summed E-state index contributed by atoms with van der Waals surface area (Å²) < 4.78 is 0. The average Bonchev–Trinajstić information content (AvgIpc) is 2.91. The monoisotopic (exact) mass is 544 g/mol. The van der Waals surface area contributed by atoms with Crippen LogP contribution in [0.1, 0.15) is 92.2 Å². The quantitative estimate of drug-likeness (QED) is 0.282. The fourth-order valence-electron chi connectivity index (χ4n) is 6.35. The topological polar surface area (TPSA) is 57.5 Å². The number of carboxylic acids is 1. The molecule has 206 valence electrons. The first-order chi connectivity index (χ1) is 18.6. The number of hydrogen-bond donors (Lipinski definition) is 2. The van der Waals surface area contributed by atoms with Crippen molar-refractivity contribution in [2.24, 2.45) is 0 Å². The van der Waals surface area contributed by atoms with Crippen LogP contribution >= 0.6 is 11.6 Å². The van der Waals surface area contributed by atoms with E-state index in [1.54, 1.807) is 6.07 Å². The maximum Gasteiger partial charge on any atom is 0.307 e. The molecule has 4 heteroatoms. The van der Waals surface area contributed by atoms with E-state index in [1.807, 2.05) is 18.2 Å². The Balaban J connectivity index is 1.70. The van der Waals surface area contributed by atoms with Crippen molar-refractivity contribution in [1.29, 1.82) is 0 Å². The number of hydrogen-bond acceptors (Lipinski definition) is 2. The third-order valence-corrected chi connectivity index (χ3v) is 9.04. The van der Waals surface area contributed by atoms with Crippen LogP contribution in [0.2, 0.25) is 5.02 Å². The highest BCUT2D eigenvalue weighted by Crippen LogP contribution is 2.42. The zero-order valence-corrected chi connectivity index (χ0v) is 24.4. The van der Waals surface area contributed by atoms with Crippen LogP contribution in [0.5, 0.6) is 0 Å². The van der Waals surface area contributed by atoms with Crippen molar-refractivity contribution in [3.63, 3.8) is 0 Å². The Labute approximate surface area is 238 Å². The lowest BCUT2D eigenvalue weighted by Gasteiger charge is -2.34. The highest BCUT2D eigenvalue weighted by Gasteiger charge is 2.32. The second-order valence-electron chi connectivity index (χ2n) is 11.3. The number of aliphatic hydroxyl groups is 1. The van der Waals surface area contributed by atoms with E-state index in [0.29, 0.717) is 5.02 Å². The number of carbonyl (C=O) groups is 1. The van der Waals surface area contributed by atoms with E-state index in [0.717, 1.165) is 66.3 Å². The fraction of sp³-hybridized carbons (Fsp3) is 0.400. The lowest BCUT2D eigenvalue weighted by atomic mass is 9.69. The minimum absolute atomic E-state index is 0.0426. The molecule has 1 fully saturated rings. The minimum Gasteiger partial charge on any atom is -0.481 e. The van der Waals surface area contributed by atoms with E-state index in [2.05, 4.69) is 70.2 Å². The van der Waals surface area contributed by atoms with E-state index < -0.39 is 11.6 Å². The summed E-state index contributed by atoms with van der Waals surface area (Å²) in [4.78, 5) is 11.5. The first-order valence-electron chi connectivity index (χ1n) is 14.3. The summed E-state index contributed by atoms with van der Waals surface area (Å²) in [6.45, 7) is 8.74. The minimum atomic E-state index is -0.856. The third kappa shape index (κ3) is 6.31. The molecule has 0 amide bonds. The smallest absolute Gasteiger partial charge is 0.307 e. The predicted molar refractivity (Wildman–Crippen MR) is 163 cm³/mol. The zero-order valence-electron chi connectivity index (χ0n) is 23.7. The van der Waals surface area contributed by atoms with E-state index in [4.69, 9.17) is 11.6 Å². The highest BCUT2D eigenvalue weighted by molar-refractivity contribution is 6.30. The van der Waals surface area contributed by atoms with Crippen LogP contribution in [0.3, 0.4) is 0 Å². The van der Waals surface area contributed by atoms with Gasteiger partial charge in [0.05, 0.1) is 12.0 Å². The van der Waals surface area contributed by atoms with Gasteiger partial charge in [-0.05, 0) is 96.2 Å². The molecule has 0 aliphatic heterocycles. The molecule has 0 atom stereocenters. The number of aliphatic carboxylic acids is 1. The number of benzene rings is 3. The molecule has 0 unspecified atom stereocenters. The van der Waals surface area contributed by atoms with Gasteiger partial charge in [0.25, 0.3) is 0 Å².